The van der Waals surface area contributed by atoms with Crippen LogP contribution in [0.2, 0.25) is 0 Å². The van der Waals surface area contributed by atoms with E-state index < -0.39 is 5.97 Å². The van der Waals surface area contributed by atoms with Gasteiger partial charge in [-0.1, -0.05) is 26.7 Å². The molecule has 0 aliphatic carbocycles. The number of hydrogen-bond donors (Lipinski definition) is 1. The van der Waals surface area contributed by atoms with Gasteiger partial charge in [0.15, 0.2) is 0 Å². The highest BCUT2D eigenvalue weighted by molar-refractivity contribution is 5.88. The fourth-order valence-corrected chi connectivity index (χ4v) is 2.89. The Hall–Kier alpha value is -1.58. The van der Waals surface area contributed by atoms with Gasteiger partial charge in [0, 0.05) is 19.3 Å². The molecule has 2 rings (SSSR count). The number of piperidine rings is 1. The van der Waals surface area contributed by atoms with Crippen LogP contribution in [-0.2, 0) is 0 Å². The van der Waals surface area contributed by atoms with Gasteiger partial charge in [-0.2, -0.15) is 0 Å². The standard InChI is InChI=1S/C15H22N2O2/c1-3-15(4-2)6-9-17(10-7-15)13-11-12(14(18)19)5-8-16-13/h5,8,11H,3-4,6-7,9-10H2,1-2H3,(H,18,19). The molecule has 0 amide bonds. The summed E-state index contributed by atoms with van der Waals surface area (Å²) in [5.74, 6) is -0.0992. The Morgan fingerprint density at radius 3 is 2.53 bits per heavy atom. The molecular weight excluding hydrogens is 240 g/mol. The van der Waals surface area contributed by atoms with Crippen molar-refractivity contribution in [2.75, 3.05) is 18.0 Å². The average molecular weight is 262 g/mol. The number of hydrogen-bond acceptors (Lipinski definition) is 3. The summed E-state index contributed by atoms with van der Waals surface area (Å²) < 4.78 is 0. The van der Waals surface area contributed by atoms with E-state index in [1.807, 2.05) is 0 Å². The minimum Gasteiger partial charge on any atom is -0.478 e. The van der Waals surface area contributed by atoms with E-state index in [9.17, 15) is 4.79 Å². The second-order valence-electron chi connectivity index (χ2n) is 5.40. The largest absolute Gasteiger partial charge is 0.478 e. The third-order valence-electron chi connectivity index (χ3n) is 4.64. The quantitative estimate of drug-likeness (QED) is 0.905. The Balaban J connectivity index is 2.09. The summed E-state index contributed by atoms with van der Waals surface area (Å²) >= 11 is 0. The normalized spacial score (nSPS) is 18.3. The van der Waals surface area contributed by atoms with Crippen LogP contribution < -0.4 is 4.90 Å². The molecule has 1 N–H and O–H groups in total. The Morgan fingerprint density at radius 2 is 2.00 bits per heavy atom. The van der Waals surface area contributed by atoms with Gasteiger partial charge in [-0.25, -0.2) is 9.78 Å². The van der Waals surface area contributed by atoms with E-state index in [2.05, 4.69) is 23.7 Å². The van der Waals surface area contributed by atoms with Crippen LogP contribution in [0.5, 0.6) is 0 Å². The molecule has 0 saturated carbocycles. The fraction of sp³-hybridized carbons (Fsp3) is 0.600. The molecule has 2 heterocycles. The molecule has 1 saturated heterocycles. The highest BCUT2D eigenvalue weighted by Crippen LogP contribution is 2.38. The lowest BCUT2D eigenvalue weighted by Gasteiger charge is -2.41. The lowest BCUT2D eigenvalue weighted by Crippen LogP contribution is -2.40. The first-order chi connectivity index (χ1) is 9.10. The van der Waals surface area contributed by atoms with Gasteiger partial charge in [-0.05, 0) is 30.4 Å². The number of carboxylic acid groups (broad SMARTS) is 1. The molecule has 19 heavy (non-hydrogen) atoms. The van der Waals surface area contributed by atoms with E-state index in [0.29, 0.717) is 11.0 Å². The second-order valence-corrected chi connectivity index (χ2v) is 5.40. The zero-order chi connectivity index (χ0) is 13.9. The van der Waals surface area contributed by atoms with Crippen LogP contribution in [0, 0.1) is 5.41 Å². The molecule has 0 spiro atoms. The highest BCUT2D eigenvalue weighted by atomic mass is 16.4. The molecule has 0 bridgehead atoms. The van der Waals surface area contributed by atoms with Crippen LogP contribution in [-0.4, -0.2) is 29.1 Å². The summed E-state index contributed by atoms with van der Waals surface area (Å²) in [7, 11) is 0. The Bertz CT molecular complexity index is 445. The van der Waals surface area contributed by atoms with Crippen molar-refractivity contribution in [3.05, 3.63) is 23.9 Å². The van der Waals surface area contributed by atoms with E-state index >= 15 is 0 Å². The summed E-state index contributed by atoms with van der Waals surface area (Å²) in [5, 5.41) is 9.02. The topological polar surface area (TPSA) is 53.4 Å². The number of pyridine rings is 1. The molecule has 1 fully saturated rings. The summed E-state index contributed by atoms with van der Waals surface area (Å²) in [6.07, 6.45) is 6.36. The molecule has 1 aliphatic heterocycles. The van der Waals surface area contributed by atoms with Gasteiger partial charge in [-0.15, -0.1) is 0 Å². The van der Waals surface area contributed by atoms with Crippen molar-refractivity contribution in [1.82, 2.24) is 4.98 Å². The van der Waals surface area contributed by atoms with E-state index in [0.717, 1.165) is 18.9 Å². The van der Waals surface area contributed by atoms with Crippen LogP contribution in [0.4, 0.5) is 5.82 Å². The van der Waals surface area contributed by atoms with Crippen LogP contribution >= 0.6 is 0 Å². The number of carboxylic acids is 1. The molecule has 0 aromatic carbocycles. The molecule has 4 nitrogen and oxygen atoms in total. The number of nitrogens with zero attached hydrogens (tertiary/aromatic N) is 2. The monoisotopic (exact) mass is 262 g/mol. The van der Waals surface area contributed by atoms with Gasteiger partial charge < -0.3 is 10.0 Å². The lowest BCUT2D eigenvalue weighted by molar-refractivity contribution is 0.0696. The van der Waals surface area contributed by atoms with E-state index in [-0.39, 0.29) is 0 Å². The van der Waals surface area contributed by atoms with Gasteiger partial charge in [0.25, 0.3) is 0 Å². The van der Waals surface area contributed by atoms with Crippen LogP contribution in [0.15, 0.2) is 18.3 Å². The van der Waals surface area contributed by atoms with Crippen molar-refractivity contribution >= 4 is 11.8 Å². The minimum absolute atomic E-state index is 0.313. The molecule has 0 unspecified atom stereocenters. The van der Waals surface area contributed by atoms with Crippen LogP contribution in [0.25, 0.3) is 0 Å². The maximum absolute atomic E-state index is 11.0. The first-order valence-electron chi connectivity index (χ1n) is 7.04. The van der Waals surface area contributed by atoms with Crippen LogP contribution in [0.3, 0.4) is 0 Å². The number of aromatic carboxylic acids is 1. The zero-order valence-corrected chi connectivity index (χ0v) is 11.7. The molecule has 1 aromatic heterocycles. The van der Waals surface area contributed by atoms with Crippen molar-refractivity contribution in [1.29, 1.82) is 0 Å². The van der Waals surface area contributed by atoms with E-state index in [4.69, 9.17) is 5.11 Å². The fourth-order valence-electron chi connectivity index (χ4n) is 2.89. The smallest absolute Gasteiger partial charge is 0.335 e. The number of carbonyl (C=O) groups is 1. The Morgan fingerprint density at radius 1 is 1.37 bits per heavy atom. The van der Waals surface area contributed by atoms with Crippen molar-refractivity contribution in [2.45, 2.75) is 39.5 Å². The third-order valence-corrected chi connectivity index (χ3v) is 4.64. The van der Waals surface area contributed by atoms with Gasteiger partial charge in [0.05, 0.1) is 5.56 Å². The molecular formula is C15H22N2O2. The number of anilines is 1. The molecule has 1 aromatic rings. The molecule has 104 valence electrons. The Labute approximate surface area is 114 Å². The second kappa shape index (κ2) is 5.59. The summed E-state index contributed by atoms with van der Waals surface area (Å²) in [5.41, 5.74) is 0.786. The third kappa shape index (κ3) is 2.88. The van der Waals surface area contributed by atoms with E-state index in [1.165, 1.54) is 31.7 Å². The van der Waals surface area contributed by atoms with Gasteiger partial charge in [-0.3, -0.25) is 0 Å². The van der Waals surface area contributed by atoms with Gasteiger partial charge in [0.1, 0.15) is 5.82 Å². The first kappa shape index (κ1) is 13.8. The first-order valence-corrected chi connectivity index (χ1v) is 7.04. The van der Waals surface area contributed by atoms with Crippen molar-refractivity contribution < 1.29 is 9.90 Å². The minimum atomic E-state index is -0.892. The average Bonchev–Trinajstić information content (AvgIpc) is 2.47. The molecule has 1 aliphatic rings. The van der Waals surface area contributed by atoms with Gasteiger partial charge >= 0.3 is 5.97 Å². The summed E-state index contributed by atoms with van der Waals surface area (Å²) in [6, 6.07) is 3.21. The number of aromatic nitrogens is 1. The maximum Gasteiger partial charge on any atom is 0.335 e. The SMILES string of the molecule is CCC1(CC)CCN(c2cc(C(=O)O)ccn2)CC1. The highest BCUT2D eigenvalue weighted by Gasteiger charge is 2.31. The predicted octanol–water partition coefficient (Wildman–Crippen LogP) is 3.19. The Kier molecular flexibility index (Phi) is 4.08. The molecule has 0 radical (unpaired) electrons. The van der Waals surface area contributed by atoms with Crippen LogP contribution in [0.1, 0.15) is 49.9 Å². The molecule has 4 heteroatoms. The lowest BCUT2D eigenvalue weighted by atomic mass is 9.74. The summed E-state index contributed by atoms with van der Waals surface area (Å²) in [6.45, 7) is 6.47. The summed E-state index contributed by atoms with van der Waals surface area (Å²) in [4.78, 5) is 17.5. The maximum atomic E-state index is 11.0. The van der Waals surface area contributed by atoms with Crippen molar-refractivity contribution in [2.24, 2.45) is 5.41 Å². The zero-order valence-electron chi connectivity index (χ0n) is 11.7. The van der Waals surface area contributed by atoms with Crippen molar-refractivity contribution in [3.63, 3.8) is 0 Å². The molecule has 0 atom stereocenters. The van der Waals surface area contributed by atoms with Gasteiger partial charge in [0.2, 0.25) is 0 Å². The predicted molar refractivity (Wildman–Crippen MR) is 75.7 cm³/mol. The van der Waals surface area contributed by atoms with E-state index in [1.54, 1.807) is 12.3 Å². The number of rotatable bonds is 4. The van der Waals surface area contributed by atoms with Crippen molar-refractivity contribution in [3.8, 4) is 0 Å².